The maximum atomic E-state index is 12.4. The lowest BCUT2D eigenvalue weighted by Crippen LogP contribution is -2.22. The molecule has 1 aromatic carbocycles. The van der Waals surface area contributed by atoms with E-state index in [4.69, 9.17) is 9.47 Å². The minimum Gasteiger partial charge on any atom is -0.493 e. The maximum absolute atomic E-state index is 12.4. The first kappa shape index (κ1) is 17.7. The molecule has 0 aliphatic carbocycles. The number of methoxy groups -OCH3 is 2. The van der Waals surface area contributed by atoms with E-state index in [1.807, 2.05) is 6.07 Å². The van der Waals surface area contributed by atoms with Crippen LogP contribution in [-0.2, 0) is 4.79 Å². The molecular weight excluding hydrogens is 306 g/mol. The highest BCUT2D eigenvalue weighted by atomic mass is 16.5. The third-order valence-corrected chi connectivity index (χ3v) is 3.96. The third-order valence-electron chi connectivity index (χ3n) is 3.96. The molecule has 1 aliphatic rings. The summed E-state index contributed by atoms with van der Waals surface area (Å²) in [5.74, 6) is 0.676. The van der Waals surface area contributed by atoms with Crippen molar-refractivity contribution in [1.29, 1.82) is 5.26 Å². The van der Waals surface area contributed by atoms with Crippen LogP contribution in [0.3, 0.4) is 0 Å². The molecule has 1 saturated heterocycles. The van der Waals surface area contributed by atoms with Gasteiger partial charge in [-0.05, 0) is 25.0 Å². The van der Waals surface area contributed by atoms with Crippen molar-refractivity contribution >= 4 is 11.6 Å². The quantitative estimate of drug-likeness (QED) is 0.664. The van der Waals surface area contributed by atoms with Crippen LogP contribution >= 0.6 is 0 Å². The molecule has 0 aromatic heterocycles. The Morgan fingerprint density at radius 1 is 1.17 bits per heavy atom. The molecular formula is C18H23N3O3. The number of ether oxygens (including phenoxy) is 2. The highest BCUT2D eigenvalue weighted by Gasteiger charge is 2.14. The molecule has 1 heterocycles. The molecule has 6 heteroatoms. The normalized spacial score (nSPS) is 15.2. The van der Waals surface area contributed by atoms with Crippen LogP contribution in [0.5, 0.6) is 11.5 Å². The van der Waals surface area contributed by atoms with E-state index in [9.17, 15) is 10.1 Å². The Bertz CT molecular complexity index is 641. The van der Waals surface area contributed by atoms with E-state index in [1.165, 1.54) is 20.0 Å². The van der Waals surface area contributed by atoms with Crippen molar-refractivity contribution in [3.05, 3.63) is 30.0 Å². The van der Waals surface area contributed by atoms with Crippen molar-refractivity contribution in [1.82, 2.24) is 4.90 Å². The average Bonchev–Trinajstić information content (AvgIpc) is 2.88. The van der Waals surface area contributed by atoms with Gasteiger partial charge in [0.15, 0.2) is 11.5 Å². The van der Waals surface area contributed by atoms with Gasteiger partial charge in [0.25, 0.3) is 5.91 Å². The van der Waals surface area contributed by atoms with E-state index in [0.29, 0.717) is 17.2 Å². The standard InChI is InChI=1S/C18H23N3O3/c1-23-16-8-7-15(11-17(16)24-2)20-18(22)14(12-19)13-21-9-5-3-4-6-10-21/h7-8,11,13H,3-6,9-10H2,1-2H3,(H,20,22)/b14-13-. The number of carbonyl (C=O) groups excluding carboxylic acids is 1. The third kappa shape index (κ3) is 4.66. The van der Waals surface area contributed by atoms with Gasteiger partial charge in [-0.25, -0.2) is 0 Å². The van der Waals surface area contributed by atoms with Crippen molar-refractivity contribution in [2.24, 2.45) is 0 Å². The first-order valence-electron chi connectivity index (χ1n) is 8.07. The highest BCUT2D eigenvalue weighted by Crippen LogP contribution is 2.29. The summed E-state index contributed by atoms with van der Waals surface area (Å²) in [6.07, 6.45) is 6.24. The largest absolute Gasteiger partial charge is 0.493 e. The summed E-state index contributed by atoms with van der Waals surface area (Å²) in [6, 6.07) is 7.07. The van der Waals surface area contributed by atoms with Gasteiger partial charge in [0, 0.05) is 31.0 Å². The van der Waals surface area contributed by atoms with Crippen LogP contribution in [-0.4, -0.2) is 38.1 Å². The number of nitriles is 1. The lowest BCUT2D eigenvalue weighted by atomic mass is 10.2. The molecule has 1 aliphatic heterocycles. The first-order valence-corrected chi connectivity index (χ1v) is 8.07. The van der Waals surface area contributed by atoms with Crippen molar-refractivity contribution < 1.29 is 14.3 Å². The van der Waals surface area contributed by atoms with E-state index >= 15 is 0 Å². The lowest BCUT2D eigenvalue weighted by molar-refractivity contribution is -0.112. The molecule has 1 fully saturated rings. The van der Waals surface area contributed by atoms with Gasteiger partial charge in [0.2, 0.25) is 0 Å². The molecule has 2 rings (SSSR count). The Morgan fingerprint density at radius 3 is 2.42 bits per heavy atom. The molecule has 24 heavy (non-hydrogen) atoms. The second-order valence-electron chi connectivity index (χ2n) is 5.63. The van der Waals surface area contributed by atoms with Crippen LogP contribution in [0.25, 0.3) is 0 Å². The average molecular weight is 329 g/mol. The predicted octanol–water partition coefficient (Wildman–Crippen LogP) is 2.93. The molecule has 1 N–H and O–H groups in total. The second-order valence-corrected chi connectivity index (χ2v) is 5.63. The zero-order chi connectivity index (χ0) is 17.4. The molecule has 0 atom stereocenters. The Kier molecular flexibility index (Phi) is 6.50. The van der Waals surface area contributed by atoms with Crippen LogP contribution in [0, 0.1) is 11.3 Å². The maximum Gasteiger partial charge on any atom is 0.267 e. The van der Waals surface area contributed by atoms with Gasteiger partial charge in [-0.1, -0.05) is 12.8 Å². The summed E-state index contributed by atoms with van der Waals surface area (Å²) >= 11 is 0. The molecule has 1 amide bonds. The van der Waals surface area contributed by atoms with Crippen LogP contribution < -0.4 is 14.8 Å². The summed E-state index contributed by atoms with van der Waals surface area (Å²) in [5, 5.41) is 12.0. The van der Waals surface area contributed by atoms with E-state index in [1.54, 1.807) is 31.5 Å². The Labute approximate surface area is 142 Å². The summed E-state index contributed by atoms with van der Waals surface area (Å²) in [6.45, 7) is 1.77. The summed E-state index contributed by atoms with van der Waals surface area (Å²) < 4.78 is 10.4. The minimum absolute atomic E-state index is 0.103. The van der Waals surface area contributed by atoms with Gasteiger partial charge < -0.3 is 19.7 Å². The van der Waals surface area contributed by atoms with Gasteiger partial charge in [-0.2, -0.15) is 5.26 Å². The zero-order valence-corrected chi connectivity index (χ0v) is 14.2. The fraction of sp³-hybridized carbons (Fsp3) is 0.444. The van der Waals surface area contributed by atoms with Gasteiger partial charge in [-0.15, -0.1) is 0 Å². The number of nitrogens with one attached hydrogen (secondary N) is 1. The lowest BCUT2D eigenvalue weighted by Gasteiger charge is -2.17. The van der Waals surface area contributed by atoms with Crippen LogP contribution in [0.4, 0.5) is 5.69 Å². The smallest absolute Gasteiger partial charge is 0.267 e. The Balaban J connectivity index is 2.10. The van der Waals surface area contributed by atoms with Gasteiger partial charge in [-0.3, -0.25) is 4.79 Å². The predicted molar refractivity (Wildman–Crippen MR) is 91.9 cm³/mol. The Hall–Kier alpha value is -2.68. The van der Waals surface area contributed by atoms with Crippen molar-refractivity contribution in [2.45, 2.75) is 25.7 Å². The molecule has 0 bridgehead atoms. The van der Waals surface area contributed by atoms with Gasteiger partial charge >= 0.3 is 0 Å². The van der Waals surface area contributed by atoms with Crippen LogP contribution in [0.1, 0.15) is 25.7 Å². The fourth-order valence-corrected chi connectivity index (χ4v) is 2.66. The number of hydrogen-bond donors (Lipinski definition) is 1. The topological polar surface area (TPSA) is 74.6 Å². The number of likely N-dealkylation sites (tertiary alicyclic amines) is 1. The molecule has 0 radical (unpaired) electrons. The monoisotopic (exact) mass is 329 g/mol. The number of amides is 1. The van der Waals surface area contributed by atoms with Crippen LogP contribution in [0.15, 0.2) is 30.0 Å². The summed E-state index contributed by atoms with van der Waals surface area (Å²) in [7, 11) is 3.08. The molecule has 128 valence electrons. The van der Waals surface area contributed by atoms with E-state index < -0.39 is 5.91 Å². The first-order chi connectivity index (χ1) is 11.7. The molecule has 6 nitrogen and oxygen atoms in total. The number of rotatable bonds is 5. The second kappa shape index (κ2) is 8.82. The number of benzene rings is 1. The van der Waals surface area contributed by atoms with E-state index in [2.05, 4.69) is 10.2 Å². The SMILES string of the molecule is COc1ccc(NC(=O)/C(C#N)=C\N2CCCCCC2)cc1OC. The van der Waals surface area contributed by atoms with Gasteiger partial charge in [0.1, 0.15) is 11.6 Å². The zero-order valence-electron chi connectivity index (χ0n) is 14.2. The van der Waals surface area contributed by atoms with E-state index in [0.717, 1.165) is 25.9 Å². The number of anilines is 1. The highest BCUT2D eigenvalue weighted by molar-refractivity contribution is 6.06. The number of nitrogens with zero attached hydrogens (tertiary/aromatic N) is 2. The van der Waals surface area contributed by atoms with Gasteiger partial charge in [0.05, 0.1) is 14.2 Å². The van der Waals surface area contributed by atoms with Crippen LogP contribution in [0.2, 0.25) is 0 Å². The molecule has 1 aromatic rings. The molecule has 0 spiro atoms. The summed E-state index contributed by atoms with van der Waals surface area (Å²) in [5.41, 5.74) is 0.654. The number of carbonyl (C=O) groups is 1. The number of hydrogen-bond acceptors (Lipinski definition) is 5. The van der Waals surface area contributed by atoms with E-state index in [-0.39, 0.29) is 5.57 Å². The fourth-order valence-electron chi connectivity index (χ4n) is 2.66. The van der Waals surface area contributed by atoms with Crippen molar-refractivity contribution in [2.75, 3.05) is 32.6 Å². The Morgan fingerprint density at radius 2 is 1.83 bits per heavy atom. The minimum atomic E-state index is -0.422. The van der Waals surface area contributed by atoms with Crippen molar-refractivity contribution in [3.63, 3.8) is 0 Å². The van der Waals surface area contributed by atoms with Crippen molar-refractivity contribution in [3.8, 4) is 17.6 Å². The molecule has 0 saturated carbocycles. The molecule has 0 unspecified atom stereocenters. The summed E-state index contributed by atoms with van der Waals surface area (Å²) in [4.78, 5) is 14.4.